The molecule has 1 aliphatic carbocycles. The zero-order chi connectivity index (χ0) is 33.3. The third kappa shape index (κ3) is 7.12. The highest BCUT2D eigenvalue weighted by atomic mass is 19.4. The van der Waals surface area contributed by atoms with Crippen LogP contribution in [0.4, 0.5) is 28.9 Å². The second-order valence-corrected chi connectivity index (χ2v) is 13.6. The molecule has 10 heteroatoms. The van der Waals surface area contributed by atoms with Crippen molar-refractivity contribution in [2.45, 2.75) is 77.1 Å². The highest BCUT2D eigenvalue weighted by Gasteiger charge is 2.46. The van der Waals surface area contributed by atoms with Crippen molar-refractivity contribution < 1.29 is 27.2 Å². The molecule has 1 N–H and O–H groups in total. The Hall–Kier alpha value is -3.66. The number of nitrogens with zero attached hydrogens (tertiary/aromatic N) is 3. The summed E-state index contributed by atoms with van der Waals surface area (Å²) in [7, 11) is 0. The van der Waals surface area contributed by atoms with E-state index in [1.54, 1.807) is 24.0 Å². The first kappa shape index (κ1) is 33.2. The van der Waals surface area contributed by atoms with E-state index < -0.39 is 35.9 Å². The third-order valence-electron chi connectivity index (χ3n) is 10.4. The molecular weight excluding hydrogens is 608 g/mol. The van der Waals surface area contributed by atoms with Gasteiger partial charge in [0.15, 0.2) is 0 Å². The Morgan fingerprint density at radius 3 is 2.40 bits per heavy atom. The van der Waals surface area contributed by atoms with Gasteiger partial charge in [-0.2, -0.15) is 13.2 Å². The van der Waals surface area contributed by atoms with Crippen LogP contribution in [-0.2, 0) is 4.79 Å². The zero-order valence-electron chi connectivity index (χ0n) is 27.2. The van der Waals surface area contributed by atoms with Crippen molar-refractivity contribution in [1.82, 2.24) is 9.80 Å². The van der Waals surface area contributed by atoms with Gasteiger partial charge in [-0.25, -0.2) is 4.39 Å². The molecule has 2 amide bonds. The second kappa shape index (κ2) is 13.8. The number of aryl methyl sites for hydroxylation is 2. The van der Waals surface area contributed by atoms with Crippen molar-refractivity contribution in [2.24, 2.45) is 11.8 Å². The van der Waals surface area contributed by atoms with E-state index in [1.165, 1.54) is 11.0 Å². The topological polar surface area (TPSA) is 55.9 Å². The molecule has 252 valence electrons. The SMILES string of the molecule is Cc1ccc(NC(=O)C2CCCN(C(=O)c3c(C)cccc3F)[C@H]2C2C=CC(CN3CCCC3C(F)(F)F)=CC2)cc1N1CCCC1. The van der Waals surface area contributed by atoms with Gasteiger partial charge in [0.25, 0.3) is 5.91 Å². The van der Waals surface area contributed by atoms with E-state index in [2.05, 4.69) is 17.1 Å². The molecule has 3 saturated heterocycles. The van der Waals surface area contributed by atoms with Gasteiger partial charge in [-0.05, 0) is 100 Å². The third-order valence-corrected chi connectivity index (χ3v) is 10.4. The van der Waals surface area contributed by atoms with Gasteiger partial charge in [-0.3, -0.25) is 14.5 Å². The molecule has 0 aromatic heterocycles. The van der Waals surface area contributed by atoms with Crippen LogP contribution in [0.1, 0.15) is 66.4 Å². The molecule has 3 fully saturated rings. The minimum atomic E-state index is -4.26. The lowest BCUT2D eigenvalue weighted by molar-refractivity contribution is -0.174. The number of likely N-dealkylation sites (tertiary alicyclic amines) is 2. The van der Waals surface area contributed by atoms with Gasteiger partial charge >= 0.3 is 6.18 Å². The normalized spacial score (nSPS) is 25.3. The number of hydrogen-bond donors (Lipinski definition) is 1. The molecule has 0 bridgehead atoms. The van der Waals surface area contributed by atoms with Crippen molar-refractivity contribution in [3.8, 4) is 0 Å². The number of benzene rings is 2. The lowest BCUT2D eigenvalue weighted by Crippen LogP contribution is -2.55. The molecule has 4 aliphatic rings. The average molecular weight is 653 g/mol. The smallest absolute Gasteiger partial charge is 0.371 e. The van der Waals surface area contributed by atoms with E-state index in [0.29, 0.717) is 50.0 Å². The molecule has 0 saturated carbocycles. The molecule has 6 rings (SSSR count). The van der Waals surface area contributed by atoms with Crippen LogP contribution < -0.4 is 10.2 Å². The fraction of sp³-hybridized carbons (Fsp3) is 0.514. The molecule has 3 heterocycles. The molecule has 2 aromatic rings. The lowest BCUT2D eigenvalue weighted by atomic mass is 9.77. The number of allylic oxidation sites excluding steroid dienone is 1. The number of halogens is 4. The molecular formula is C37H44F4N4O2. The quantitative estimate of drug-likeness (QED) is 0.316. The van der Waals surface area contributed by atoms with Crippen LogP contribution in [0.15, 0.2) is 60.2 Å². The first-order valence-corrected chi connectivity index (χ1v) is 16.9. The second-order valence-electron chi connectivity index (χ2n) is 13.6. The molecule has 3 unspecified atom stereocenters. The van der Waals surface area contributed by atoms with Crippen LogP contribution >= 0.6 is 0 Å². The van der Waals surface area contributed by atoms with Crippen LogP contribution in [0.25, 0.3) is 0 Å². The molecule has 6 nitrogen and oxygen atoms in total. The largest absolute Gasteiger partial charge is 0.404 e. The zero-order valence-corrected chi connectivity index (χ0v) is 27.2. The van der Waals surface area contributed by atoms with E-state index >= 15 is 4.39 Å². The Bertz CT molecular complexity index is 1530. The Kier molecular flexibility index (Phi) is 9.78. The summed E-state index contributed by atoms with van der Waals surface area (Å²) in [5.74, 6) is -2.05. The van der Waals surface area contributed by atoms with Crippen molar-refractivity contribution in [1.29, 1.82) is 0 Å². The maximum atomic E-state index is 15.1. The highest BCUT2D eigenvalue weighted by Crippen LogP contribution is 2.38. The Balaban J connectivity index is 1.26. The summed E-state index contributed by atoms with van der Waals surface area (Å²) >= 11 is 0. The van der Waals surface area contributed by atoms with E-state index in [1.807, 2.05) is 36.4 Å². The van der Waals surface area contributed by atoms with E-state index in [-0.39, 0.29) is 30.4 Å². The van der Waals surface area contributed by atoms with Gasteiger partial charge in [-0.1, -0.05) is 36.4 Å². The van der Waals surface area contributed by atoms with Gasteiger partial charge in [0.05, 0.1) is 17.5 Å². The van der Waals surface area contributed by atoms with Crippen LogP contribution in [0.2, 0.25) is 0 Å². The number of hydrogen-bond acceptors (Lipinski definition) is 4. The molecule has 3 aliphatic heterocycles. The number of rotatable bonds is 7. The minimum absolute atomic E-state index is 0.00981. The summed E-state index contributed by atoms with van der Waals surface area (Å²) in [5, 5.41) is 3.14. The highest BCUT2D eigenvalue weighted by molar-refractivity contribution is 5.98. The van der Waals surface area contributed by atoms with E-state index in [0.717, 1.165) is 42.8 Å². The number of amides is 2. The summed E-state index contributed by atoms with van der Waals surface area (Å²) in [5.41, 5.74) is 4.28. The number of alkyl halides is 3. The number of carbonyl (C=O) groups is 2. The number of carbonyl (C=O) groups excluding carboxylic acids is 2. The first-order chi connectivity index (χ1) is 22.5. The molecule has 47 heavy (non-hydrogen) atoms. The maximum absolute atomic E-state index is 15.1. The van der Waals surface area contributed by atoms with Crippen LogP contribution in [0.3, 0.4) is 0 Å². The van der Waals surface area contributed by atoms with Crippen LogP contribution in [-0.4, -0.2) is 72.6 Å². The summed E-state index contributed by atoms with van der Waals surface area (Å²) in [6, 6.07) is 8.50. The van der Waals surface area contributed by atoms with E-state index in [4.69, 9.17) is 0 Å². The predicted molar refractivity (Wildman–Crippen MR) is 176 cm³/mol. The van der Waals surface area contributed by atoms with Gasteiger partial charge in [-0.15, -0.1) is 0 Å². The Morgan fingerprint density at radius 2 is 1.70 bits per heavy atom. The standard InChI is InChI=1S/C37H44F4N4O2/c1-24-12-17-28(22-31(24)43-18-3-4-19-43)42-35(46)29-9-6-21-45(36(47)33-25(2)8-5-10-30(33)38)34(29)27-15-13-26(14-16-27)23-44-20-7-11-32(44)37(39,40)41/h5,8,10,12-15,17,22,27,29,32,34H,3-4,6-7,9,11,16,18-21,23H2,1-2H3,(H,42,46)/t27?,29?,32?,34-/m0/s1. The first-order valence-electron chi connectivity index (χ1n) is 16.9. The maximum Gasteiger partial charge on any atom is 0.404 e. The molecule has 0 spiro atoms. The fourth-order valence-corrected chi connectivity index (χ4v) is 8.01. The van der Waals surface area contributed by atoms with E-state index in [9.17, 15) is 22.8 Å². The van der Waals surface area contributed by atoms with Crippen molar-refractivity contribution in [2.75, 3.05) is 42.9 Å². The van der Waals surface area contributed by atoms with Gasteiger partial charge in [0.2, 0.25) is 5.91 Å². The fourth-order valence-electron chi connectivity index (χ4n) is 8.01. The summed E-state index contributed by atoms with van der Waals surface area (Å²) in [6.07, 6.45) is 5.97. The van der Waals surface area contributed by atoms with Crippen LogP contribution in [0, 0.1) is 31.5 Å². The summed E-state index contributed by atoms with van der Waals surface area (Å²) in [6.45, 7) is 6.71. The monoisotopic (exact) mass is 652 g/mol. The lowest BCUT2D eigenvalue weighted by Gasteiger charge is -2.44. The summed E-state index contributed by atoms with van der Waals surface area (Å²) in [4.78, 5) is 33.7. The summed E-state index contributed by atoms with van der Waals surface area (Å²) < 4.78 is 55.9. The molecule has 2 aromatic carbocycles. The van der Waals surface area contributed by atoms with Crippen molar-refractivity contribution >= 4 is 23.2 Å². The minimum Gasteiger partial charge on any atom is -0.371 e. The molecule has 0 radical (unpaired) electrons. The Labute approximate surface area is 274 Å². The predicted octanol–water partition coefficient (Wildman–Crippen LogP) is 7.43. The van der Waals surface area contributed by atoms with Gasteiger partial charge < -0.3 is 15.1 Å². The number of anilines is 2. The molecule has 4 atom stereocenters. The number of nitrogens with one attached hydrogen (secondary N) is 1. The number of piperidine rings is 1. The van der Waals surface area contributed by atoms with Crippen molar-refractivity contribution in [3.63, 3.8) is 0 Å². The van der Waals surface area contributed by atoms with Gasteiger partial charge in [0, 0.05) is 43.5 Å². The van der Waals surface area contributed by atoms with Gasteiger partial charge in [0.1, 0.15) is 11.9 Å². The van der Waals surface area contributed by atoms with Crippen molar-refractivity contribution in [3.05, 3.63) is 82.7 Å². The van der Waals surface area contributed by atoms with Crippen LogP contribution in [0.5, 0.6) is 0 Å². The Morgan fingerprint density at radius 1 is 0.936 bits per heavy atom. The average Bonchev–Trinajstić information content (AvgIpc) is 3.75.